The molecular formula is C18H26O11. The Morgan fingerprint density at radius 3 is 2.17 bits per heavy atom. The summed E-state index contributed by atoms with van der Waals surface area (Å²) in [7, 11) is 1.52. The molecule has 0 aromatic heterocycles. The molecule has 11 nitrogen and oxygen atoms in total. The number of hydrogen-bond acceptors (Lipinski definition) is 11. The van der Waals surface area contributed by atoms with Crippen molar-refractivity contribution in [3.05, 3.63) is 24.3 Å². The van der Waals surface area contributed by atoms with Crippen LogP contribution in [0, 0.1) is 0 Å². The quantitative estimate of drug-likeness (QED) is 0.285. The van der Waals surface area contributed by atoms with Crippen molar-refractivity contribution in [3.63, 3.8) is 0 Å². The Morgan fingerprint density at radius 1 is 0.897 bits per heavy atom. The summed E-state index contributed by atoms with van der Waals surface area (Å²) in [6, 6.07) is 6.52. The maximum absolute atomic E-state index is 10.6. The first-order chi connectivity index (χ1) is 13.8. The molecule has 2 fully saturated rings. The van der Waals surface area contributed by atoms with Gasteiger partial charge in [-0.3, -0.25) is 0 Å². The van der Waals surface area contributed by atoms with Gasteiger partial charge in [-0.25, -0.2) is 0 Å². The third-order valence-electron chi connectivity index (χ3n) is 4.88. The lowest BCUT2D eigenvalue weighted by Crippen LogP contribution is -2.63. The normalized spacial score (nSPS) is 40.4. The summed E-state index contributed by atoms with van der Waals surface area (Å²) in [5.41, 5.74) is 0. The molecule has 9 atom stereocenters. The molecule has 0 saturated carbocycles. The number of aliphatic hydroxyl groups excluding tert-OH is 6. The van der Waals surface area contributed by atoms with Gasteiger partial charge in [0, 0.05) is 0 Å². The van der Waals surface area contributed by atoms with Crippen molar-refractivity contribution in [1.29, 1.82) is 0 Å². The first-order valence-electron chi connectivity index (χ1n) is 9.10. The van der Waals surface area contributed by atoms with Crippen LogP contribution in [0.5, 0.6) is 11.5 Å². The molecule has 2 aliphatic rings. The highest BCUT2D eigenvalue weighted by atomic mass is 16.7. The van der Waals surface area contributed by atoms with Crippen LogP contribution in [0.3, 0.4) is 0 Å². The average Bonchev–Trinajstić information content (AvgIpc) is 2.73. The second kappa shape index (κ2) is 9.51. The van der Waals surface area contributed by atoms with Crippen LogP contribution in [0.25, 0.3) is 0 Å². The zero-order valence-electron chi connectivity index (χ0n) is 15.6. The monoisotopic (exact) mass is 418 g/mol. The first kappa shape index (κ1) is 22.2. The van der Waals surface area contributed by atoms with Gasteiger partial charge >= 0.3 is 0 Å². The number of benzene rings is 1. The number of hydrogen-bond donors (Lipinski definition) is 6. The van der Waals surface area contributed by atoms with Gasteiger partial charge in [-0.15, -0.1) is 0 Å². The molecule has 11 heteroatoms. The van der Waals surface area contributed by atoms with Crippen molar-refractivity contribution >= 4 is 0 Å². The largest absolute Gasteiger partial charge is 0.497 e. The van der Waals surface area contributed by atoms with Crippen LogP contribution < -0.4 is 9.47 Å². The molecule has 2 aliphatic heterocycles. The van der Waals surface area contributed by atoms with Gasteiger partial charge in [0.05, 0.1) is 20.3 Å². The minimum Gasteiger partial charge on any atom is -0.497 e. The smallest absolute Gasteiger partial charge is 0.228 e. The lowest BCUT2D eigenvalue weighted by Gasteiger charge is -2.44. The van der Waals surface area contributed by atoms with Gasteiger partial charge in [0.15, 0.2) is 6.29 Å². The van der Waals surface area contributed by atoms with E-state index in [0.29, 0.717) is 11.5 Å². The Hall–Kier alpha value is -1.54. The predicted molar refractivity (Wildman–Crippen MR) is 94.0 cm³/mol. The molecule has 2 heterocycles. The van der Waals surface area contributed by atoms with E-state index in [0.717, 1.165) is 0 Å². The summed E-state index contributed by atoms with van der Waals surface area (Å²) in [5.74, 6) is 0.986. The molecule has 0 unspecified atom stereocenters. The fraction of sp³-hybridized carbons (Fsp3) is 0.667. The van der Waals surface area contributed by atoms with Gasteiger partial charge in [0.1, 0.15) is 54.2 Å². The van der Waals surface area contributed by atoms with Crippen LogP contribution in [0.15, 0.2) is 24.3 Å². The summed E-state index contributed by atoms with van der Waals surface area (Å²) >= 11 is 0. The molecule has 3 rings (SSSR count). The standard InChI is InChI=1S/C18H26O11/c1-25-8-2-4-9(5-3-8)27-17-15(24)16(10(20)7-26-17)29-18-14(23)13(22)12(21)11(6-19)28-18/h2-5,10-24H,6-7H2,1H3/t10-,11-,12+,13+,14-,15-,16+,17+,18+/m1/s1. The van der Waals surface area contributed by atoms with Gasteiger partial charge in [-0.1, -0.05) is 0 Å². The highest BCUT2D eigenvalue weighted by Gasteiger charge is 2.48. The fourth-order valence-corrected chi connectivity index (χ4v) is 3.17. The van der Waals surface area contributed by atoms with Gasteiger partial charge in [-0.05, 0) is 24.3 Å². The maximum atomic E-state index is 10.6. The highest BCUT2D eigenvalue weighted by molar-refractivity contribution is 5.31. The highest BCUT2D eigenvalue weighted by Crippen LogP contribution is 2.28. The Morgan fingerprint density at radius 2 is 1.55 bits per heavy atom. The van der Waals surface area contributed by atoms with Crippen LogP contribution in [-0.2, 0) is 14.2 Å². The van der Waals surface area contributed by atoms with E-state index in [-0.39, 0.29) is 6.61 Å². The van der Waals surface area contributed by atoms with E-state index in [1.807, 2.05) is 0 Å². The number of methoxy groups -OCH3 is 1. The van der Waals surface area contributed by atoms with Gasteiger partial charge in [0.2, 0.25) is 6.29 Å². The Bertz CT molecular complexity index is 639. The number of ether oxygens (including phenoxy) is 5. The summed E-state index contributed by atoms with van der Waals surface area (Å²) in [4.78, 5) is 0. The van der Waals surface area contributed by atoms with Gasteiger partial charge < -0.3 is 54.3 Å². The van der Waals surface area contributed by atoms with E-state index in [1.54, 1.807) is 24.3 Å². The van der Waals surface area contributed by atoms with Crippen molar-refractivity contribution in [1.82, 2.24) is 0 Å². The summed E-state index contributed by atoms with van der Waals surface area (Å²) in [5, 5.41) is 59.8. The molecule has 6 N–H and O–H groups in total. The van der Waals surface area contributed by atoms with Gasteiger partial charge in [0.25, 0.3) is 0 Å². The lowest BCUT2D eigenvalue weighted by atomic mass is 9.98. The van der Waals surface area contributed by atoms with Crippen molar-refractivity contribution < 1.29 is 54.3 Å². The Balaban J connectivity index is 1.67. The van der Waals surface area contributed by atoms with E-state index >= 15 is 0 Å². The molecule has 0 amide bonds. The second-order valence-corrected chi connectivity index (χ2v) is 6.85. The van der Waals surface area contributed by atoms with Crippen molar-refractivity contribution in [3.8, 4) is 11.5 Å². The van der Waals surface area contributed by atoms with Crippen molar-refractivity contribution in [2.45, 2.75) is 55.3 Å². The van der Waals surface area contributed by atoms with Crippen LogP contribution in [0.4, 0.5) is 0 Å². The molecule has 1 aromatic rings. The molecule has 0 aliphatic carbocycles. The van der Waals surface area contributed by atoms with Crippen LogP contribution in [0.2, 0.25) is 0 Å². The zero-order chi connectivity index (χ0) is 21.1. The number of aliphatic hydroxyl groups is 6. The summed E-state index contributed by atoms with van der Waals surface area (Å²) < 4.78 is 26.7. The molecule has 29 heavy (non-hydrogen) atoms. The van der Waals surface area contributed by atoms with E-state index < -0.39 is 61.9 Å². The maximum Gasteiger partial charge on any atom is 0.228 e. The molecule has 164 valence electrons. The van der Waals surface area contributed by atoms with E-state index in [2.05, 4.69) is 0 Å². The van der Waals surface area contributed by atoms with E-state index in [4.69, 9.17) is 23.7 Å². The van der Waals surface area contributed by atoms with E-state index in [9.17, 15) is 30.6 Å². The van der Waals surface area contributed by atoms with Crippen LogP contribution in [0.1, 0.15) is 0 Å². The van der Waals surface area contributed by atoms with Crippen molar-refractivity contribution in [2.24, 2.45) is 0 Å². The molecule has 0 radical (unpaired) electrons. The molecular weight excluding hydrogens is 392 g/mol. The predicted octanol–water partition coefficient (Wildman–Crippen LogP) is -2.66. The Labute approximate surface area is 166 Å². The van der Waals surface area contributed by atoms with E-state index in [1.165, 1.54) is 7.11 Å². The first-order valence-corrected chi connectivity index (χ1v) is 9.10. The van der Waals surface area contributed by atoms with Crippen LogP contribution in [-0.4, -0.2) is 106 Å². The lowest BCUT2D eigenvalue weighted by molar-refractivity contribution is -0.343. The van der Waals surface area contributed by atoms with Crippen LogP contribution >= 0.6 is 0 Å². The number of rotatable bonds is 6. The molecule has 0 bridgehead atoms. The Kier molecular flexibility index (Phi) is 7.27. The molecule has 0 spiro atoms. The SMILES string of the molecule is COc1ccc(O[C@@H]2OC[C@@H](O)[C@H](O[C@@H]3O[C@H](CO)[C@H](O)[C@H](O)[C@H]3O)[C@H]2O)cc1. The third-order valence-corrected chi connectivity index (χ3v) is 4.88. The molecule has 2 saturated heterocycles. The van der Waals surface area contributed by atoms with Gasteiger partial charge in [-0.2, -0.15) is 0 Å². The summed E-state index contributed by atoms with van der Waals surface area (Å²) in [6.45, 7) is -0.868. The summed E-state index contributed by atoms with van der Waals surface area (Å²) in [6.07, 6.45) is -12.8. The minimum atomic E-state index is -1.67. The third kappa shape index (κ3) is 4.79. The zero-order valence-corrected chi connectivity index (χ0v) is 15.6. The average molecular weight is 418 g/mol. The fourth-order valence-electron chi connectivity index (χ4n) is 3.17. The molecule has 1 aromatic carbocycles. The second-order valence-electron chi connectivity index (χ2n) is 6.85. The van der Waals surface area contributed by atoms with Crippen molar-refractivity contribution in [2.75, 3.05) is 20.3 Å². The topological polar surface area (TPSA) is 168 Å². The minimum absolute atomic E-state index is 0.236.